The van der Waals surface area contributed by atoms with Gasteiger partial charge in [-0.3, -0.25) is 0 Å². The van der Waals surface area contributed by atoms with Gasteiger partial charge in [-0.25, -0.2) is 4.79 Å². The van der Waals surface area contributed by atoms with Crippen LogP contribution in [0.3, 0.4) is 0 Å². The Balaban J connectivity index is 2.70. The molecule has 0 aromatic heterocycles. The number of halogens is 2. The number of hydrogen-bond donors (Lipinski definition) is 2. The van der Waals surface area contributed by atoms with E-state index in [0.717, 1.165) is 0 Å². The summed E-state index contributed by atoms with van der Waals surface area (Å²) in [5, 5.41) is 13.7. The van der Waals surface area contributed by atoms with Gasteiger partial charge < -0.3 is 15.2 Å². The van der Waals surface area contributed by atoms with E-state index >= 15 is 0 Å². The molecule has 1 aromatic rings. The molecular formula is C14H19Cl2NO3. The smallest absolute Gasteiger partial charge is 0.407 e. The van der Waals surface area contributed by atoms with E-state index in [9.17, 15) is 9.90 Å². The molecule has 20 heavy (non-hydrogen) atoms. The van der Waals surface area contributed by atoms with Crippen LogP contribution < -0.4 is 5.32 Å². The summed E-state index contributed by atoms with van der Waals surface area (Å²) in [4.78, 5) is 11.6. The number of alkyl carbamates (subject to hydrolysis) is 1. The summed E-state index contributed by atoms with van der Waals surface area (Å²) < 4.78 is 5.10. The Labute approximate surface area is 129 Å². The Morgan fingerprint density at radius 3 is 2.35 bits per heavy atom. The van der Waals surface area contributed by atoms with Crippen LogP contribution in [0.25, 0.3) is 0 Å². The van der Waals surface area contributed by atoms with Crippen LogP contribution in [0.1, 0.15) is 33.3 Å². The molecule has 0 spiro atoms. The van der Waals surface area contributed by atoms with Gasteiger partial charge in [0.05, 0.1) is 16.6 Å². The van der Waals surface area contributed by atoms with Crippen molar-refractivity contribution >= 4 is 29.3 Å². The molecule has 0 saturated carbocycles. The molecule has 0 saturated heterocycles. The third-order valence-electron chi connectivity index (χ3n) is 2.52. The van der Waals surface area contributed by atoms with E-state index in [4.69, 9.17) is 27.9 Å². The van der Waals surface area contributed by atoms with Gasteiger partial charge in [0.25, 0.3) is 0 Å². The molecule has 4 nitrogen and oxygen atoms in total. The first kappa shape index (κ1) is 17.1. The van der Waals surface area contributed by atoms with Crippen molar-refractivity contribution in [2.24, 2.45) is 0 Å². The molecule has 0 aliphatic rings. The Kier molecular flexibility index (Phi) is 5.30. The average molecular weight is 320 g/mol. The van der Waals surface area contributed by atoms with Crippen molar-refractivity contribution in [2.75, 3.05) is 6.54 Å². The second-order valence-corrected chi connectivity index (χ2v) is 6.57. The van der Waals surface area contributed by atoms with Gasteiger partial charge in [-0.2, -0.15) is 0 Å². The number of carbonyl (C=O) groups excluding carboxylic acids is 1. The second-order valence-electron chi connectivity index (χ2n) is 5.76. The highest BCUT2D eigenvalue weighted by Gasteiger charge is 2.26. The van der Waals surface area contributed by atoms with E-state index < -0.39 is 17.3 Å². The van der Waals surface area contributed by atoms with Crippen LogP contribution in [0.4, 0.5) is 4.79 Å². The molecule has 1 atom stereocenters. The van der Waals surface area contributed by atoms with Gasteiger partial charge in [-0.1, -0.05) is 29.3 Å². The lowest BCUT2D eigenvalue weighted by Gasteiger charge is -2.26. The number of nitrogens with one attached hydrogen (secondary N) is 1. The van der Waals surface area contributed by atoms with Crippen LogP contribution in [0.2, 0.25) is 10.0 Å². The van der Waals surface area contributed by atoms with Crippen LogP contribution in [0.15, 0.2) is 18.2 Å². The van der Waals surface area contributed by atoms with Crippen molar-refractivity contribution in [2.45, 2.75) is 38.9 Å². The Bertz CT molecular complexity index is 496. The largest absolute Gasteiger partial charge is 0.444 e. The van der Waals surface area contributed by atoms with E-state index in [1.807, 2.05) is 0 Å². The maximum absolute atomic E-state index is 11.6. The summed E-state index contributed by atoms with van der Waals surface area (Å²) in [5.74, 6) is 0. The predicted octanol–water partition coefficient (Wildman–Crippen LogP) is 3.73. The number of carbonyl (C=O) groups is 1. The first-order valence-electron chi connectivity index (χ1n) is 6.16. The molecule has 1 amide bonds. The molecule has 0 bridgehead atoms. The van der Waals surface area contributed by atoms with Crippen molar-refractivity contribution in [1.29, 1.82) is 0 Å². The highest BCUT2D eigenvalue weighted by molar-refractivity contribution is 6.42. The Morgan fingerprint density at radius 2 is 1.85 bits per heavy atom. The Hall–Kier alpha value is -0.970. The zero-order chi connectivity index (χ0) is 15.6. The van der Waals surface area contributed by atoms with E-state index in [1.54, 1.807) is 45.9 Å². The molecule has 0 heterocycles. The molecule has 0 aliphatic carbocycles. The van der Waals surface area contributed by atoms with Crippen LogP contribution in [-0.2, 0) is 10.3 Å². The van der Waals surface area contributed by atoms with Crippen LogP contribution in [0, 0.1) is 0 Å². The van der Waals surface area contributed by atoms with Gasteiger partial charge in [0.15, 0.2) is 0 Å². The molecule has 112 valence electrons. The zero-order valence-electron chi connectivity index (χ0n) is 12.0. The van der Waals surface area contributed by atoms with Crippen molar-refractivity contribution in [3.05, 3.63) is 33.8 Å². The van der Waals surface area contributed by atoms with Crippen molar-refractivity contribution in [3.63, 3.8) is 0 Å². The zero-order valence-corrected chi connectivity index (χ0v) is 13.5. The maximum atomic E-state index is 11.6. The van der Waals surface area contributed by atoms with Gasteiger partial charge in [0, 0.05) is 0 Å². The van der Waals surface area contributed by atoms with Crippen LogP contribution in [-0.4, -0.2) is 23.3 Å². The summed E-state index contributed by atoms with van der Waals surface area (Å²) in [7, 11) is 0. The Morgan fingerprint density at radius 1 is 1.25 bits per heavy atom. The van der Waals surface area contributed by atoms with Crippen molar-refractivity contribution < 1.29 is 14.6 Å². The van der Waals surface area contributed by atoms with Gasteiger partial charge in [-0.05, 0) is 45.4 Å². The minimum atomic E-state index is -1.27. The standard InChI is InChI=1S/C14H19Cl2NO3/c1-13(2,3)20-12(18)17-8-14(4,19)9-5-6-10(15)11(16)7-9/h5-7,19H,8H2,1-4H3,(H,17,18). The van der Waals surface area contributed by atoms with Gasteiger partial charge in [0.1, 0.15) is 11.2 Å². The fraction of sp³-hybridized carbons (Fsp3) is 0.500. The summed E-state index contributed by atoms with van der Waals surface area (Å²) >= 11 is 11.7. The molecule has 1 unspecified atom stereocenters. The van der Waals surface area contributed by atoms with Gasteiger partial charge >= 0.3 is 6.09 Å². The molecule has 0 aliphatic heterocycles. The fourth-order valence-corrected chi connectivity index (χ4v) is 1.79. The van der Waals surface area contributed by atoms with E-state index in [-0.39, 0.29) is 6.54 Å². The van der Waals surface area contributed by atoms with E-state index in [2.05, 4.69) is 5.32 Å². The monoisotopic (exact) mass is 319 g/mol. The number of rotatable bonds is 3. The molecule has 6 heteroatoms. The number of benzene rings is 1. The first-order valence-corrected chi connectivity index (χ1v) is 6.92. The fourth-order valence-electron chi connectivity index (χ4n) is 1.49. The predicted molar refractivity (Wildman–Crippen MR) is 80.3 cm³/mol. The van der Waals surface area contributed by atoms with Crippen LogP contribution in [0.5, 0.6) is 0 Å². The lowest BCUT2D eigenvalue weighted by Crippen LogP contribution is -2.41. The lowest BCUT2D eigenvalue weighted by molar-refractivity contribution is 0.0317. The molecule has 1 aromatic carbocycles. The first-order chi connectivity index (χ1) is 9.01. The normalized spacial score (nSPS) is 14.6. The van der Waals surface area contributed by atoms with E-state index in [1.165, 1.54) is 0 Å². The lowest BCUT2D eigenvalue weighted by atomic mass is 9.96. The highest BCUT2D eigenvalue weighted by Crippen LogP contribution is 2.28. The number of amides is 1. The number of aliphatic hydroxyl groups is 1. The molecule has 1 rings (SSSR count). The number of hydrogen-bond acceptors (Lipinski definition) is 3. The summed E-state index contributed by atoms with van der Waals surface area (Å²) in [5.41, 5.74) is -1.30. The number of ether oxygens (including phenoxy) is 1. The minimum absolute atomic E-state index is 0.000124. The van der Waals surface area contributed by atoms with Gasteiger partial charge in [0.2, 0.25) is 0 Å². The topological polar surface area (TPSA) is 58.6 Å². The molecule has 2 N–H and O–H groups in total. The van der Waals surface area contributed by atoms with E-state index in [0.29, 0.717) is 15.6 Å². The minimum Gasteiger partial charge on any atom is -0.444 e. The van der Waals surface area contributed by atoms with Gasteiger partial charge in [-0.15, -0.1) is 0 Å². The molecule has 0 radical (unpaired) electrons. The molecule has 0 fully saturated rings. The third kappa shape index (κ3) is 5.19. The average Bonchev–Trinajstić information content (AvgIpc) is 2.28. The quantitative estimate of drug-likeness (QED) is 0.892. The summed E-state index contributed by atoms with van der Waals surface area (Å²) in [6.07, 6.45) is -0.585. The summed E-state index contributed by atoms with van der Waals surface area (Å²) in [6.45, 7) is 6.88. The third-order valence-corrected chi connectivity index (χ3v) is 3.26. The second kappa shape index (κ2) is 6.20. The SMILES string of the molecule is CC(C)(C)OC(=O)NCC(C)(O)c1ccc(Cl)c(Cl)c1. The van der Waals surface area contributed by atoms with Crippen LogP contribution >= 0.6 is 23.2 Å². The van der Waals surface area contributed by atoms with Crippen molar-refractivity contribution in [1.82, 2.24) is 5.32 Å². The summed E-state index contributed by atoms with van der Waals surface area (Å²) in [6, 6.07) is 4.83. The molecular weight excluding hydrogens is 301 g/mol. The maximum Gasteiger partial charge on any atom is 0.407 e. The van der Waals surface area contributed by atoms with Crippen molar-refractivity contribution in [3.8, 4) is 0 Å². The highest BCUT2D eigenvalue weighted by atomic mass is 35.5.